The Kier molecular flexibility index (Phi) is 5.20. The van der Waals surface area contributed by atoms with E-state index in [1.807, 2.05) is 18.2 Å². The van der Waals surface area contributed by atoms with Crippen LogP contribution in [0.2, 0.25) is 0 Å². The van der Waals surface area contributed by atoms with Gasteiger partial charge in [-0.3, -0.25) is 0 Å². The summed E-state index contributed by atoms with van der Waals surface area (Å²) in [5.74, 6) is -1.08. The standard InChI is InChI=1S/C25H20F3N3O2/c1-33-17-7-9-21-19(13-17)18-10-11-31(25(32)30-22-12-16(27)6-8-20(22)28)24(23(18)29-21)14-2-4-15(26)5-3-14/h2-9,12-13,24,29H,10-11H2,1H3,(H,30,32)/t24-/m0/s1. The molecule has 168 valence electrons. The van der Waals surface area contributed by atoms with E-state index in [4.69, 9.17) is 4.74 Å². The Labute approximate surface area is 187 Å². The van der Waals surface area contributed by atoms with Crippen LogP contribution >= 0.6 is 0 Å². The van der Waals surface area contributed by atoms with Gasteiger partial charge in [-0.1, -0.05) is 12.1 Å². The largest absolute Gasteiger partial charge is 0.497 e. The predicted octanol–water partition coefficient (Wildman–Crippen LogP) is 5.77. The van der Waals surface area contributed by atoms with Crippen molar-refractivity contribution in [1.82, 2.24) is 9.88 Å². The second-order valence-corrected chi connectivity index (χ2v) is 7.88. The summed E-state index contributed by atoms with van der Waals surface area (Å²) in [4.78, 5) is 18.2. The molecule has 0 saturated carbocycles. The zero-order valence-corrected chi connectivity index (χ0v) is 17.7. The minimum absolute atomic E-state index is 0.245. The second-order valence-electron chi connectivity index (χ2n) is 7.88. The number of aromatic amines is 1. The summed E-state index contributed by atoms with van der Waals surface area (Å²) in [6.07, 6.45) is 0.541. The lowest BCUT2D eigenvalue weighted by molar-refractivity contribution is 0.193. The Balaban J connectivity index is 1.59. The van der Waals surface area contributed by atoms with Gasteiger partial charge in [0.1, 0.15) is 23.2 Å². The first-order valence-corrected chi connectivity index (χ1v) is 10.4. The number of hydrogen-bond acceptors (Lipinski definition) is 2. The van der Waals surface area contributed by atoms with Crippen LogP contribution in [-0.2, 0) is 6.42 Å². The average Bonchev–Trinajstić information content (AvgIpc) is 3.19. The fourth-order valence-corrected chi connectivity index (χ4v) is 4.39. The Hall–Kier alpha value is -3.94. The summed E-state index contributed by atoms with van der Waals surface area (Å²) in [7, 11) is 1.60. The number of benzene rings is 3. The van der Waals surface area contributed by atoms with Gasteiger partial charge in [-0.25, -0.2) is 18.0 Å². The number of halogens is 3. The Morgan fingerprint density at radius 1 is 1.03 bits per heavy atom. The van der Waals surface area contributed by atoms with Gasteiger partial charge in [-0.2, -0.15) is 0 Å². The number of carbonyl (C=O) groups excluding carboxylic acids is 1. The number of H-pyrrole nitrogens is 1. The van der Waals surface area contributed by atoms with Crippen LogP contribution in [-0.4, -0.2) is 29.6 Å². The summed E-state index contributed by atoms with van der Waals surface area (Å²) in [6, 6.07) is 13.3. The number of methoxy groups -OCH3 is 1. The van der Waals surface area contributed by atoms with E-state index in [9.17, 15) is 18.0 Å². The summed E-state index contributed by atoms with van der Waals surface area (Å²) in [5.41, 5.74) is 3.13. The van der Waals surface area contributed by atoms with Crippen molar-refractivity contribution >= 4 is 22.6 Å². The number of ether oxygens (including phenoxy) is 1. The predicted molar refractivity (Wildman–Crippen MR) is 119 cm³/mol. The lowest BCUT2D eigenvalue weighted by Crippen LogP contribution is -2.43. The van der Waals surface area contributed by atoms with Gasteiger partial charge >= 0.3 is 6.03 Å². The maximum absolute atomic E-state index is 14.2. The molecule has 0 fully saturated rings. The van der Waals surface area contributed by atoms with Crippen LogP contribution in [0.25, 0.3) is 10.9 Å². The van der Waals surface area contributed by atoms with Gasteiger partial charge in [0.2, 0.25) is 0 Å². The monoisotopic (exact) mass is 451 g/mol. The number of urea groups is 1. The quantitative estimate of drug-likeness (QED) is 0.415. The Morgan fingerprint density at radius 2 is 1.79 bits per heavy atom. The molecule has 1 aliphatic rings. The number of carbonyl (C=O) groups is 1. The molecule has 0 unspecified atom stereocenters. The SMILES string of the molecule is COc1ccc2[nH]c3c(c2c1)CCN(C(=O)Nc1cc(F)ccc1F)[C@H]3c1ccc(F)cc1. The van der Waals surface area contributed by atoms with E-state index >= 15 is 0 Å². The molecular formula is C25H20F3N3O2. The van der Waals surface area contributed by atoms with Crippen molar-refractivity contribution in [2.75, 3.05) is 19.0 Å². The van der Waals surface area contributed by atoms with E-state index < -0.39 is 29.5 Å². The van der Waals surface area contributed by atoms with E-state index in [2.05, 4.69) is 10.3 Å². The molecule has 2 amide bonds. The number of aromatic nitrogens is 1. The minimum atomic E-state index is -0.738. The molecule has 0 saturated heterocycles. The number of anilines is 1. The zero-order chi connectivity index (χ0) is 23.1. The first kappa shape index (κ1) is 20.9. The van der Waals surface area contributed by atoms with Crippen LogP contribution in [0.4, 0.5) is 23.7 Å². The average molecular weight is 451 g/mol. The molecule has 2 heterocycles. The molecule has 0 radical (unpaired) electrons. The summed E-state index contributed by atoms with van der Waals surface area (Å²) in [5, 5.41) is 3.46. The van der Waals surface area contributed by atoms with E-state index in [0.717, 1.165) is 40.4 Å². The molecule has 3 aromatic carbocycles. The highest BCUT2D eigenvalue weighted by Gasteiger charge is 2.35. The van der Waals surface area contributed by atoms with Crippen molar-refractivity contribution < 1.29 is 22.7 Å². The topological polar surface area (TPSA) is 57.4 Å². The number of hydrogen-bond donors (Lipinski definition) is 2. The van der Waals surface area contributed by atoms with Crippen LogP contribution in [0.5, 0.6) is 5.75 Å². The minimum Gasteiger partial charge on any atom is -0.497 e. The molecule has 5 rings (SSSR count). The Morgan fingerprint density at radius 3 is 2.55 bits per heavy atom. The molecule has 4 aromatic rings. The number of fused-ring (bicyclic) bond motifs is 3. The van der Waals surface area contributed by atoms with Crippen LogP contribution in [0.15, 0.2) is 60.7 Å². The lowest BCUT2D eigenvalue weighted by Gasteiger charge is -2.36. The molecule has 1 aliphatic heterocycles. The third kappa shape index (κ3) is 3.77. The van der Waals surface area contributed by atoms with Crippen LogP contribution < -0.4 is 10.1 Å². The highest BCUT2D eigenvalue weighted by Crippen LogP contribution is 2.39. The van der Waals surface area contributed by atoms with Crippen LogP contribution in [0.1, 0.15) is 22.9 Å². The number of nitrogens with zero attached hydrogens (tertiary/aromatic N) is 1. The van der Waals surface area contributed by atoms with Gasteiger partial charge in [0.15, 0.2) is 0 Å². The highest BCUT2D eigenvalue weighted by molar-refractivity contribution is 5.92. The number of nitrogens with one attached hydrogen (secondary N) is 2. The summed E-state index contributed by atoms with van der Waals surface area (Å²) in [6.45, 7) is 0.321. The van der Waals surface area contributed by atoms with Gasteiger partial charge in [0.05, 0.1) is 18.8 Å². The molecule has 0 aliphatic carbocycles. The normalized spacial score (nSPS) is 15.4. The van der Waals surface area contributed by atoms with Crippen molar-refractivity contribution in [1.29, 1.82) is 0 Å². The van der Waals surface area contributed by atoms with E-state index in [0.29, 0.717) is 24.3 Å². The van der Waals surface area contributed by atoms with Crippen molar-refractivity contribution in [3.05, 3.63) is 94.9 Å². The summed E-state index contributed by atoms with van der Waals surface area (Å²) < 4.78 is 46.8. The maximum Gasteiger partial charge on any atom is 0.322 e. The zero-order valence-electron chi connectivity index (χ0n) is 17.7. The van der Waals surface area contributed by atoms with Crippen molar-refractivity contribution in [3.8, 4) is 5.75 Å². The molecule has 8 heteroatoms. The molecule has 2 N–H and O–H groups in total. The smallest absolute Gasteiger partial charge is 0.322 e. The van der Waals surface area contributed by atoms with Crippen molar-refractivity contribution in [3.63, 3.8) is 0 Å². The summed E-state index contributed by atoms with van der Waals surface area (Å²) >= 11 is 0. The van der Waals surface area contributed by atoms with Gasteiger partial charge in [-0.15, -0.1) is 0 Å². The third-order valence-corrected chi connectivity index (χ3v) is 5.95. The van der Waals surface area contributed by atoms with Gasteiger partial charge < -0.3 is 19.9 Å². The molecule has 0 spiro atoms. The second kappa shape index (κ2) is 8.20. The first-order chi connectivity index (χ1) is 15.9. The molecule has 0 bridgehead atoms. The van der Waals surface area contributed by atoms with E-state index in [1.54, 1.807) is 19.2 Å². The van der Waals surface area contributed by atoms with Gasteiger partial charge in [0.25, 0.3) is 0 Å². The number of amides is 2. The van der Waals surface area contributed by atoms with Crippen molar-refractivity contribution in [2.45, 2.75) is 12.5 Å². The van der Waals surface area contributed by atoms with E-state index in [-0.39, 0.29) is 5.69 Å². The molecule has 1 aromatic heterocycles. The molecular weight excluding hydrogens is 431 g/mol. The molecule has 1 atom stereocenters. The fraction of sp³-hybridized carbons (Fsp3) is 0.160. The highest BCUT2D eigenvalue weighted by atomic mass is 19.1. The first-order valence-electron chi connectivity index (χ1n) is 10.4. The van der Waals surface area contributed by atoms with Gasteiger partial charge in [-0.05, 0) is 60.0 Å². The van der Waals surface area contributed by atoms with Crippen LogP contribution in [0.3, 0.4) is 0 Å². The Bertz CT molecular complexity index is 1350. The molecule has 33 heavy (non-hydrogen) atoms. The van der Waals surface area contributed by atoms with Crippen molar-refractivity contribution in [2.24, 2.45) is 0 Å². The number of rotatable bonds is 3. The molecule has 5 nitrogen and oxygen atoms in total. The van der Waals surface area contributed by atoms with Crippen LogP contribution in [0, 0.1) is 17.5 Å². The van der Waals surface area contributed by atoms with E-state index in [1.165, 1.54) is 17.0 Å². The third-order valence-electron chi connectivity index (χ3n) is 5.95. The fourth-order valence-electron chi connectivity index (χ4n) is 4.39. The van der Waals surface area contributed by atoms with Gasteiger partial charge in [0, 0.05) is 29.2 Å². The lowest BCUT2D eigenvalue weighted by atomic mass is 9.92. The maximum atomic E-state index is 14.2.